The largest absolute Gasteiger partial charge is 0.467 e. The van der Waals surface area contributed by atoms with E-state index in [1.54, 1.807) is 75.4 Å². The second-order valence-electron chi connectivity index (χ2n) is 9.50. The standard InChI is InChI=1S/C26H25ClN4O5/c1-25(2,3)36-24(34)30-21(22(32)35-4)19-20(16-10-12-17(27)13-11-16)29-31(18-8-6-5-7-9-18)26(19,14-15-28)23(30)33/h5-13,19,21H,14H2,1-4H3/t19-,21+,26-/m0/s1. The molecule has 0 radical (unpaired) electrons. The molecule has 9 nitrogen and oxygen atoms in total. The van der Waals surface area contributed by atoms with Crippen molar-refractivity contribution >= 4 is 41.0 Å². The van der Waals surface area contributed by atoms with E-state index in [2.05, 4.69) is 6.07 Å². The molecule has 10 heteroatoms. The van der Waals surface area contributed by atoms with Gasteiger partial charge in [0.1, 0.15) is 5.60 Å². The number of para-hydroxylation sites is 1. The maximum Gasteiger partial charge on any atom is 0.417 e. The van der Waals surface area contributed by atoms with Gasteiger partial charge in [0.2, 0.25) is 0 Å². The number of hydrogen-bond donors (Lipinski definition) is 0. The van der Waals surface area contributed by atoms with Gasteiger partial charge in [-0.15, -0.1) is 0 Å². The number of anilines is 1. The Morgan fingerprint density at radius 2 is 1.78 bits per heavy atom. The lowest BCUT2D eigenvalue weighted by Gasteiger charge is -2.34. The highest BCUT2D eigenvalue weighted by molar-refractivity contribution is 6.30. The minimum Gasteiger partial charge on any atom is -0.467 e. The number of halogens is 1. The maximum absolute atomic E-state index is 14.2. The van der Waals surface area contributed by atoms with E-state index in [4.69, 9.17) is 26.2 Å². The normalized spacial score (nSPS) is 23.1. The molecule has 0 N–H and O–H groups in total. The zero-order valence-electron chi connectivity index (χ0n) is 20.3. The first-order chi connectivity index (χ1) is 17.0. The molecule has 0 bridgehead atoms. The molecule has 1 fully saturated rings. The third kappa shape index (κ3) is 4.07. The number of carbonyl (C=O) groups excluding carboxylic acids is 3. The number of benzene rings is 2. The molecule has 0 saturated carbocycles. The summed E-state index contributed by atoms with van der Waals surface area (Å²) in [7, 11) is 1.17. The Balaban J connectivity index is 1.99. The number of hydrazone groups is 1. The minimum absolute atomic E-state index is 0.348. The quantitative estimate of drug-likeness (QED) is 0.570. The van der Waals surface area contributed by atoms with Crippen LogP contribution in [0, 0.1) is 17.2 Å². The monoisotopic (exact) mass is 508 g/mol. The van der Waals surface area contributed by atoms with Crippen LogP contribution in [0.25, 0.3) is 0 Å². The van der Waals surface area contributed by atoms with Crippen LogP contribution in [-0.2, 0) is 19.1 Å². The number of ether oxygens (including phenoxy) is 2. The molecule has 2 aliphatic heterocycles. The van der Waals surface area contributed by atoms with E-state index in [1.807, 2.05) is 0 Å². The number of imide groups is 1. The fraction of sp³-hybridized carbons (Fsp3) is 0.346. The Bertz CT molecular complexity index is 1270. The van der Waals surface area contributed by atoms with E-state index >= 15 is 0 Å². The van der Waals surface area contributed by atoms with Gasteiger partial charge in [-0.1, -0.05) is 41.9 Å². The lowest BCUT2D eigenvalue weighted by Crippen LogP contribution is -2.54. The van der Waals surface area contributed by atoms with Crippen molar-refractivity contribution in [2.24, 2.45) is 11.0 Å². The highest BCUT2D eigenvalue weighted by Gasteiger charge is 2.71. The zero-order chi connectivity index (χ0) is 26.3. The molecule has 2 aliphatic rings. The van der Waals surface area contributed by atoms with Crippen molar-refractivity contribution in [1.29, 1.82) is 5.26 Å². The fourth-order valence-electron chi connectivity index (χ4n) is 4.70. The molecule has 3 atom stereocenters. The molecule has 4 rings (SSSR count). The SMILES string of the molecule is COC(=O)[C@H]1[C@@H]2C(c3ccc(Cl)cc3)=NN(c3ccccc3)[C@]2(CC#N)C(=O)N1C(=O)OC(C)(C)C. The number of methoxy groups -OCH3 is 1. The summed E-state index contributed by atoms with van der Waals surface area (Å²) in [5, 5.41) is 16.6. The second kappa shape index (κ2) is 9.28. The summed E-state index contributed by atoms with van der Waals surface area (Å²) in [6.45, 7) is 4.96. The highest BCUT2D eigenvalue weighted by atomic mass is 35.5. The fourth-order valence-corrected chi connectivity index (χ4v) is 4.83. The van der Waals surface area contributed by atoms with Gasteiger partial charge in [0.15, 0.2) is 11.6 Å². The molecule has 0 spiro atoms. The smallest absolute Gasteiger partial charge is 0.417 e. The van der Waals surface area contributed by atoms with E-state index in [9.17, 15) is 19.6 Å². The maximum atomic E-state index is 14.2. The summed E-state index contributed by atoms with van der Waals surface area (Å²) in [5.74, 6) is -2.61. The van der Waals surface area contributed by atoms with E-state index in [0.29, 0.717) is 22.0 Å². The molecular weight excluding hydrogens is 484 g/mol. The lowest BCUT2D eigenvalue weighted by atomic mass is 9.76. The molecule has 2 amide bonds. The Morgan fingerprint density at radius 1 is 1.14 bits per heavy atom. The third-order valence-electron chi connectivity index (χ3n) is 6.10. The molecule has 0 aliphatic carbocycles. The summed E-state index contributed by atoms with van der Waals surface area (Å²) < 4.78 is 10.6. The van der Waals surface area contributed by atoms with Crippen LogP contribution < -0.4 is 5.01 Å². The summed E-state index contributed by atoms with van der Waals surface area (Å²) in [6, 6.07) is 16.2. The van der Waals surface area contributed by atoms with E-state index < -0.39 is 41.1 Å². The van der Waals surface area contributed by atoms with Crippen LogP contribution >= 0.6 is 11.6 Å². The molecule has 36 heavy (non-hydrogen) atoms. The molecule has 0 aromatic heterocycles. The van der Waals surface area contributed by atoms with Crippen LogP contribution in [0.15, 0.2) is 59.7 Å². The van der Waals surface area contributed by atoms with Crippen molar-refractivity contribution in [2.45, 2.75) is 44.4 Å². The number of carbonyl (C=O) groups is 3. The van der Waals surface area contributed by atoms with Crippen LogP contribution in [0.4, 0.5) is 10.5 Å². The van der Waals surface area contributed by atoms with Crippen molar-refractivity contribution in [1.82, 2.24) is 4.90 Å². The average Bonchev–Trinajstić information content (AvgIpc) is 3.29. The molecule has 2 aromatic carbocycles. The minimum atomic E-state index is -1.69. The first kappa shape index (κ1) is 25.2. The van der Waals surface area contributed by atoms with Crippen LogP contribution in [0.1, 0.15) is 32.8 Å². The van der Waals surface area contributed by atoms with E-state index in [-0.39, 0.29) is 6.42 Å². The van der Waals surface area contributed by atoms with Crippen LogP contribution in [-0.4, -0.2) is 52.9 Å². The summed E-state index contributed by atoms with van der Waals surface area (Å²) >= 11 is 6.09. The Labute approximate surface area is 213 Å². The van der Waals surface area contributed by atoms with Gasteiger partial charge >= 0.3 is 12.1 Å². The van der Waals surface area contributed by atoms with Crippen molar-refractivity contribution < 1.29 is 23.9 Å². The van der Waals surface area contributed by atoms with Crippen molar-refractivity contribution in [3.8, 4) is 6.07 Å². The van der Waals surface area contributed by atoms with Gasteiger partial charge < -0.3 is 9.47 Å². The Hall–Kier alpha value is -3.90. The molecule has 2 aromatic rings. The van der Waals surface area contributed by atoms with Gasteiger partial charge in [-0.3, -0.25) is 4.79 Å². The molecule has 0 unspecified atom stereocenters. The van der Waals surface area contributed by atoms with Crippen LogP contribution in [0.5, 0.6) is 0 Å². The van der Waals surface area contributed by atoms with Gasteiger partial charge in [-0.25, -0.2) is 19.5 Å². The number of rotatable bonds is 4. The molecule has 2 heterocycles. The van der Waals surface area contributed by atoms with E-state index in [1.165, 1.54) is 12.1 Å². The first-order valence-corrected chi connectivity index (χ1v) is 11.6. The zero-order valence-corrected chi connectivity index (χ0v) is 21.0. The summed E-state index contributed by atoms with van der Waals surface area (Å²) in [6.07, 6.45) is -1.35. The number of fused-ring (bicyclic) bond motifs is 1. The van der Waals surface area contributed by atoms with Crippen molar-refractivity contribution in [3.05, 3.63) is 65.2 Å². The van der Waals surface area contributed by atoms with Crippen LogP contribution in [0.2, 0.25) is 5.02 Å². The summed E-state index contributed by atoms with van der Waals surface area (Å²) in [4.78, 5) is 41.5. The molecular formula is C26H25ClN4O5. The number of nitrogens with zero attached hydrogens (tertiary/aromatic N) is 4. The Morgan fingerprint density at radius 3 is 2.33 bits per heavy atom. The van der Waals surface area contributed by atoms with Gasteiger partial charge in [0.05, 0.1) is 36.9 Å². The average molecular weight is 509 g/mol. The number of hydrogen-bond acceptors (Lipinski definition) is 8. The lowest BCUT2D eigenvalue weighted by molar-refractivity contribution is -0.149. The topological polar surface area (TPSA) is 112 Å². The predicted molar refractivity (Wildman–Crippen MR) is 132 cm³/mol. The van der Waals surface area contributed by atoms with Gasteiger partial charge in [0, 0.05) is 5.02 Å². The number of amides is 2. The van der Waals surface area contributed by atoms with Gasteiger partial charge in [-0.05, 0) is 50.6 Å². The van der Waals surface area contributed by atoms with Crippen molar-refractivity contribution in [2.75, 3.05) is 12.1 Å². The van der Waals surface area contributed by atoms with Gasteiger partial charge in [0.25, 0.3) is 5.91 Å². The third-order valence-corrected chi connectivity index (χ3v) is 6.35. The van der Waals surface area contributed by atoms with E-state index in [0.717, 1.165) is 4.90 Å². The van der Waals surface area contributed by atoms with Crippen LogP contribution in [0.3, 0.4) is 0 Å². The molecule has 186 valence electrons. The second-order valence-corrected chi connectivity index (χ2v) is 9.94. The predicted octanol–water partition coefficient (Wildman–Crippen LogP) is 4.15. The molecule has 1 saturated heterocycles. The van der Waals surface area contributed by atoms with Crippen molar-refractivity contribution in [3.63, 3.8) is 0 Å². The number of nitriles is 1. The van der Waals surface area contributed by atoms with Gasteiger partial charge in [-0.2, -0.15) is 10.4 Å². The highest BCUT2D eigenvalue weighted by Crippen LogP contribution is 2.50. The summed E-state index contributed by atoms with van der Waals surface area (Å²) in [5.41, 5.74) is -1.19. The first-order valence-electron chi connectivity index (χ1n) is 11.3. The number of esters is 1. The number of likely N-dealkylation sites (tertiary alicyclic amines) is 1. The Kier molecular flexibility index (Phi) is 6.50.